The molecule has 4 rings (SSSR count). The number of hydrogen-bond acceptors (Lipinski definition) is 6. The molecule has 0 atom stereocenters. The van der Waals surface area contributed by atoms with Gasteiger partial charge in [0.25, 0.3) is 0 Å². The van der Waals surface area contributed by atoms with Crippen molar-refractivity contribution in [3.05, 3.63) is 47.2 Å². The first-order valence-corrected chi connectivity index (χ1v) is 10.2. The number of fused-ring (bicyclic) bond motifs is 1. The molecule has 1 aromatic carbocycles. The third-order valence-corrected chi connectivity index (χ3v) is 5.73. The van der Waals surface area contributed by atoms with Crippen LogP contribution in [0.15, 0.2) is 30.5 Å². The summed E-state index contributed by atoms with van der Waals surface area (Å²) in [4.78, 5) is 37.6. The Morgan fingerprint density at radius 3 is 2.62 bits per heavy atom. The lowest BCUT2D eigenvalue weighted by Gasteiger charge is -2.34. The Kier molecular flexibility index (Phi) is 5.74. The summed E-state index contributed by atoms with van der Waals surface area (Å²) in [7, 11) is 1.58. The number of aryl methyl sites for hydroxylation is 2. The quantitative estimate of drug-likeness (QED) is 0.700. The molecule has 0 saturated carbocycles. The molecule has 0 N–H and O–H groups in total. The number of methoxy groups -OCH3 is 1. The van der Waals surface area contributed by atoms with Crippen molar-refractivity contribution < 1.29 is 14.3 Å². The maximum Gasteiger partial charge on any atom is 0.228 e. The fraction of sp³-hybridized carbons (Fsp3) is 0.455. The molecule has 0 spiro atoms. The van der Waals surface area contributed by atoms with Crippen molar-refractivity contribution in [2.24, 2.45) is 0 Å². The first-order valence-electron chi connectivity index (χ1n) is 10.2. The largest absolute Gasteiger partial charge is 0.481 e. The van der Waals surface area contributed by atoms with E-state index in [9.17, 15) is 9.59 Å². The number of piperazine rings is 1. The zero-order chi connectivity index (χ0) is 20.2. The Bertz CT molecular complexity index is 907. The van der Waals surface area contributed by atoms with Crippen molar-refractivity contribution in [3.63, 3.8) is 0 Å². The van der Waals surface area contributed by atoms with Crippen LogP contribution in [0.1, 0.15) is 40.7 Å². The molecule has 152 valence electrons. The van der Waals surface area contributed by atoms with E-state index in [1.165, 1.54) is 11.1 Å². The van der Waals surface area contributed by atoms with Crippen molar-refractivity contribution in [2.75, 3.05) is 38.2 Å². The van der Waals surface area contributed by atoms with Gasteiger partial charge in [-0.3, -0.25) is 9.59 Å². The summed E-state index contributed by atoms with van der Waals surface area (Å²) in [5.41, 5.74) is 3.38. The van der Waals surface area contributed by atoms with Gasteiger partial charge in [-0.2, -0.15) is 4.98 Å². The molecule has 29 heavy (non-hydrogen) atoms. The van der Waals surface area contributed by atoms with Crippen LogP contribution >= 0.6 is 0 Å². The van der Waals surface area contributed by atoms with Crippen molar-refractivity contribution in [1.29, 1.82) is 0 Å². The second-order valence-electron chi connectivity index (χ2n) is 7.53. The van der Waals surface area contributed by atoms with Crippen LogP contribution in [0.25, 0.3) is 0 Å². The van der Waals surface area contributed by atoms with Crippen LogP contribution in [-0.4, -0.2) is 59.8 Å². The Balaban J connectivity index is 1.27. The maximum atomic E-state index is 12.6. The number of carbonyl (C=O) groups excluding carboxylic acids is 2. The second-order valence-corrected chi connectivity index (χ2v) is 7.53. The lowest BCUT2D eigenvalue weighted by atomic mass is 10.0. The van der Waals surface area contributed by atoms with Gasteiger partial charge in [0.15, 0.2) is 5.78 Å². The average molecular weight is 394 g/mol. The Morgan fingerprint density at radius 2 is 1.83 bits per heavy atom. The molecule has 0 unspecified atom stereocenters. The van der Waals surface area contributed by atoms with E-state index in [1.54, 1.807) is 19.4 Å². The monoisotopic (exact) mass is 394 g/mol. The van der Waals surface area contributed by atoms with Gasteiger partial charge in [-0.1, -0.05) is 12.1 Å². The highest BCUT2D eigenvalue weighted by molar-refractivity contribution is 5.98. The molecule has 7 nitrogen and oxygen atoms in total. The van der Waals surface area contributed by atoms with Crippen molar-refractivity contribution >= 4 is 17.6 Å². The summed E-state index contributed by atoms with van der Waals surface area (Å²) in [6, 6.07) is 7.70. The SMILES string of the molecule is COc1ccnc(N2CCN(C(=O)CCC(=O)c3ccc4c(c3)CCC4)CC2)n1. The zero-order valence-electron chi connectivity index (χ0n) is 16.8. The summed E-state index contributed by atoms with van der Waals surface area (Å²) in [6.07, 6.45) is 5.51. The van der Waals surface area contributed by atoms with Crippen LogP contribution in [-0.2, 0) is 17.6 Å². The molecule has 0 radical (unpaired) electrons. The van der Waals surface area contributed by atoms with E-state index in [1.807, 2.05) is 21.9 Å². The van der Waals surface area contributed by atoms with Crippen LogP contribution < -0.4 is 9.64 Å². The minimum Gasteiger partial charge on any atom is -0.481 e. The molecule has 1 aromatic heterocycles. The lowest BCUT2D eigenvalue weighted by Crippen LogP contribution is -2.49. The Labute approximate surface area is 170 Å². The smallest absolute Gasteiger partial charge is 0.228 e. The third-order valence-electron chi connectivity index (χ3n) is 5.73. The Morgan fingerprint density at radius 1 is 1.03 bits per heavy atom. The standard InChI is InChI=1S/C22H26N4O3/c1-29-20-9-10-23-22(24-20)26-13-11-25(12-14-26)21(28)8-7-19(27)18-6-5-16-3-2-4-17(16)15-18/h5-6,9-10,15H,2-4,7-8,11-14H2,1H3. The van der Waals surface area contributed by atoms with Crippen molar-refractivity contribution in [2.45, 2.75) is 32.1 Å². The van der Waals surface area contributed by atoms with Crippen LogP contribution in [0, 0.1) is 0 Å². The molecule has 1 saturated heterocycles. The summed E-state index contributed by atoms with van der Waals surface area (Å²) in [5, 5.41) is 0. The van der Waals surface area contributed by atoms with Crippen LogP contribution in [0.4, 0.5) is 5.95 Å². The number of nitrogens with zero attached hydrogens (tertiary/aromatic N) is 4. The van der Waals surface area contributed by atoms with E-state index in [2.05, 4.69) is 16.0 Å². The van der Waals surface area contributed by atoms with Crippen LogP contribution in [0.3, 0.4) is 0 Å². The number of carbonyl (C=O) groups is 2. The summed E-state index contributed by atoms with van der Waals surface area (Å²) >= 11 is 0. The highest BCUT2D eigenvalue weighted by atomic mass is 16.5. The maximum absolute atomic E-state index is 12.6. The van der Waals surface area contributed by atoms with Gasteiger partial charge in [-0.15, -0.1) is 0 Å². The van der Waals surface area contributed by atoms with Crippen molar-refractivity contribution in [1.82, 2.24) is 14.9 Å². The molecule has 2 heterocycles. The molecule has 1 aliphatic carbocycles. The number of amides is 1. The van der Waals surface area contributed by atoms with Gasteiger partial charge in [0.2, 0.25) is 17.7 Å². The summed E-state index contributed by atoms with van der Waals surface area (Å²) < 4.78 is 5.15. The molecule has 1 fully saturated rings. The fourth-order valence-corrected chi connectivity index (χ4v) is 4.02. The van der Waals surface area contributed by atoms with Gasteiger partial charge < -0.3 is 14.5 Å². The summed E-state index contributed by atoms with van der Waals surface area (Å²) in [5.74, 6) is 1.23. The van der Waals surface area contributed by atoms with E-state index in [0.717, 1.165) is 24.8 Å². The average Bonchev–Trinajstić information content (AvgIpc) is 3.25. The minimum atomic E-state index is 0.0331. The van der Waals surface area contributed by atoms with Gasteiger partial charge in [-0.25, -0.2) is 4.98 Å². The molecule has 1 aliphatic heterocycles. The lowest BCUT2D eigenvalue weighted by molar-refractivity contribution is -0.131. The number of ether oxygens (including phenoxy) is 1. The van der Waals surface area contributed by atoms with Gasteiger partial charge in [0.1, 0.15) is 0 Å². The molecule has 2 aromatic rings. The molecule has 2 aliphatic rings. The number of Topliss-reactive ketones (excluding diaryl/α,β-unsaturated/α-hetero) is 1. The van der Waals surface area contributed by atoms with E-state index in [0.29, 0.717) is 38.0 Å². The van der Waals surface area contributed by atoms with E-state index in [4.69, 9.17) is 4.74 Å². The second kappa shape index (κ2) is 8.59. The van der Waals surface area contributed by atoms with Crippen LogP contribution in [0.2, 0.25) is 0 Å². The summed E-state index contributed by atoms with van der Waals surface area (Å²) in [6.45, 7) is 2.54. The van der Waals surface area contributed by atoms with Gasteiger partial charge in [0.05, 0.1) is 7.11 Å². The zero-order valence-corrected chi connectivity index (χ0v) is 16.8. The molecule has 0 bridgehead atoms. The minimum absolute atomic E-state index is 0.0331. The molecular formula is C22H26N4O3. The normalized spacial score (nSPS) is 15.9. The number of ketones is 1. The highest BCUT2D eigenvalue weighted by Gasteiger charge is 2.23. The first-order chi connectivity index (χ1) is 14.1. The van der Waals surface area contributed by atoms with E-state index < -0.39 is 0 Å². The highest BCUT2D eigenvalue weighted by Crippen LogP contribution is 2.23. The molecule has 1 amide bonds. The predicted molar refractivity (Wildman–Crippen MR) is 109 cm³/mol. The van der Waals surface area contributed by atoms with E-state index >= 15 is 0 Å². The fourth-order valence-electron chi connectivity index (χ4n) is 4.02. The number of aromatic nitrogens is 2. The van der Waals surface area contributed by atoms with Crippen molar-refractivity contribution in [3.8, 4) is 5.88 Å². The third kappa shape index (κ3) is 4.39. The first kappa shape index (κ1) is 19.4. The number of rotatable bonds is 6. The van der Waals surface area contributed by atoms with Crippen LogP contribution in [0.5, 0.6) is 5.88 Å². The molecule has 7 heteroatoms. The number of hydrogen-bond donors (Lipinski definition) is 0. The Hall–Kier alpha value is -2.96. The van der Waals surface area contributed by atoms with Gasteiger partial charge >= 0.3 is 0 Å². The number of anilines is 1. The molecular weight excluding hydrogens is 368 g/mol. The predicted octanol–water partition coefficient (Wildman–Crippen LogP) is 2.29. The topological polar surface area (TPSA) is 75.6 Å². The number of benzene rings is 1. The van der Waals surface area contributed by atoms with Gasteiger partial charge in [0, 0.05) is 56.8 Å². The van der Waals surface area contributed by atoms with Gasteiger partial charge in [-0.05, 0) is 36.5 Å². The van der Waals surface area contributed by atoms with E-state index in [-0.39, 0.29) is 24.5 Å².